The minimum atomic E-state index is -4.89. The van der Waals surface area contributed by atoms with Crippen molar-refractivity contribution in [1.29, 1.82) is 0 Å². The Kier molecular flexibility index (Phi) is 33.8. The van der Waals surface area contributed by atoms with Crippen molar-refractivity contribution >= 4 is 33.4 Å². The second-order valence-corrected chi connectivity index (χ2v) is 19.9. The maximum atomic E-state index is 12.8. The lowest BCUT2D eigenvalue weighted by Gasteiger charge is -2.20. The Morgan fingerprint density at radius 2 is 1.25 bits per heavy atom. The smallest absolute Gasteiger partial charge is 0.462 e. The molecule has 0 aromatic carbocycles. The number of phosphoric ester groups is 2. The molecule has 0 saturated carbocycles. The summed E-state index contributed by atoms with van der Waals surface area (Å²) in [7, 11) is -9.76. The fraction of sp³-hybridized carbons (Fsp3) is 0.804. The van der Waals surface area contributed by atoms with Gasteiger partial charge >= 0.3 is 27.6 Å². The highest BCUT2D eigenvalue weighted by Crippen LogP contribution is 2.44. The lowest BCUT2D eigenvalue weighted by atomic mass is 9.90. The molecule has 1 unspecified atom stereocenters. The maximum absolute atomic E-state index is 12.8. The third-order valence-corrected chi connectivity index (χ3v) is 12.1. The van der Waals surface area contributed by atoms with Crippen LogP contribution >= 0.6 is 15.6 Å². The second kappa shape index (κ2) is 36.1. The molecule has 1 aliphatic carbocycles. The maximum Gasteiger partial charge on any atom is 0.472 e. The van der Waals surface area contributed by atoms with Crippen LogP contribution in [-0.4, -0.2) is 87.4 Å². The zero-order valence-electron chi connectivity index (χ0n) is 38.4. The van der Waals surface area contributed by atoms with Gasteiger partial charge in [-0.1, -0.05) is 160 Å². The number of allylic oxidation sites excluding steroid dienone is 5. The number of rotatable bonds is 41. The van der Waals surface area contributed by atoms with E-state index in [9.17, 15) is 38.6 Å². The largest absolute Gasteiger partial charge is 0.472 e. The molecule has 366 valence electrons. The highest BCUT2D eigenvalue weighted by Gasteiger charge is 2.29. The molecular weight excluding hydrogens is 854 g/mol. The average molecular weight is 937 g/mol. The summed E-state index contributed by atoms with van der Waals surface area (Å²) in [6.45, 7) is 3.77. The molecule has 15 nitrogen and oxygen atoms in total. The van der Waals surface area contributed by atoms with Crippen molar-refractivity contribution in [2.45, 2.75) is 193 Å². The summed E-state index contributed by atoms with van der Waals surface area (Å²) in [6, 6.07) is 0. The third kappa shape index (κ3) is 34.9. The summed E-state index contributed by atoms with van der Waals surface area (Å²) in [5.74, 6) is -0.735. The van der Waals surface area contributed by atoms with Gasteiger partial charge in [0, 0.05) is 18.8 Å². The molecule has 0 spiro atoms. The molecule has 6 atom stereocenters. The van der Waals surface area contributed by atoms with Gasteiger partial charge in [0.15, 0.2) is 11.9 Å². The number of esters is 2. The van der Waals surface area contributed by atoms with Gasteiger partial charge in [0.2, 0.25) is 0 Å². The van der Waals surface area contributed by atoms with Gasteiger partial charge in [-0.15, -0.1) is 0 Å². The van der Waals surface area contributed by atoms with E-state index < -0.39 is 72.3 Å². The van der Waals surface area contributed by atoms with Crippen LogP contribution in [-0.2, 0) is 46.6 Å². The van der Waals surface area contributed by atoms with Crippen molar-refractivity contribution in [1.82, 2.24) is 0 Å². The van der Waals surface area contributed by atoms with Crippen LogP contribution in [0.3, 0.4) is 0 Å². The van der Waals surface area contributed by atoms with Gasteiger partial charge in [0.05, 0.1) is 25.9 Å². The van der Waals surface area contributed by atoms with Gasteiger partial charge in [-0.25, -0.2) is 9.13 Å². The summed E-state index contributed by atoms with van der Waals surface area (Å²) < 4.78 is 47.9. The Hall–Kier alpha value is -2.03. The summed E-state index contributed by atoms with van der Waals surface area (Å²) in [5.41, 5.74) is 0. The first kappa shape index (κ1) is 59.0. The van der Waals surface area contributed by atoms with Crippen LogP contribution in [0.25, 0.3) is 0 Å². The van der Waals surface area contributed by atoms with E-state index in [1.54, 1.807) is 18.2 Å². The summed E-state index contributed by atoms with van der Waals surface area (Å²) in [6.07, 6.45) is 30.6. The number of carbonyl (C=O) groups is 3. The van der Waals surface area contributed by atoms with Crippen LogP contribution in [0.2, 0.25) is 0 Å². The molecule has 0 saturated heterocycles. The van der Waals surface area contributed by atoms with E-state index >= 15 is 0 Å². The zero-order chi connectivity index (χ0) is 46.8. The molecule has 0 aliphatic heterocycles. The third-order valence-electron chi connectivity index (χ3n) is 10.7. The number of carbonyl (C=O) groups excluding carboxylic acids is 3. The number of ether oxygens (including phenoxy) is 2. The minimum Gasteiger partial charge on any atom is -0.462 e. The number of unbranched alkanes of at least 4 members (excludes halogenated alkanes) is 16. The molecular formula is C46H82O15P2. The Morgan fingerprint density at radius 1 is 0.698 bits per heavy atom. The SMILES string of the molecule is CCCCC[C@H](O)/C=C/[C@H]1C(=O)C=C[C@@H]1C/C=C\CCCC(=O)O[C@H](COC(=O)CCCCCCCCCCCCCCCCC(C)C)COP(=O)(O)OC[C@@H](O)COP(=O)(O)O. The van der Waals surface area contributed by atoms with E-state index in [1.807, 2.05) is 18.2 Å². The van der Waals surface area contributed by atoms with E-state index in [-0.39, 0.29) is 30.5 Å². The van der Waals surface area contributed by atoms with Gasteiger partial charge in [-0.2, -0.15) is 0 Å². The molecule has 17 heteroatoms. The van der Waals surface area contributed by atoms with Crippen LogP contribution in [0.1, 0.15) is 175 Å². The summed E-state index contributed by atoms with van der Waals surface area (Å²) in [5, 5.41) is 20.0. The minimum absolute atomic E-state index is 0.00177. The molecule has 0 aromatic heterocycles. The molecule has 0 heterocycles. The van der Waals surface area contributed by atoms with Crippen LogP contribution < -0.4 is 0 Å². The monoisotopic (exact) mass is 937 g/mol. The lowest BCUT2D eigenvalue weighted by Crippen LogP contribution is -2.29. The van der Waals surface area contributed by atoms with Crippen LogP contribution in [0.4, 0.5) is 0 Å². The van der Waals surface area contributed by atoms with Crippen LogP contribution in [0.5, 0.6) is 0 Å². The standard InChI is InChI=1S/C46H82O15P2/c1-4-5-20-27-40(47)31-32-43-39(30-33-44(43)49)26-22-18-19-24-29-46(51)61-42(37-60-63(55,56)59-35-41(48)34-58-62(52,53)54)36-57-45(50)28-23-17-15-13-11-9-7-6-8-10-12-14-16-21-25-38(2)3/h18,22,30-33,38-43,47-48H,4-17,19-21,23-29,34-37H2,1-3H3,(H,55,56)(H2,52,53,54)/b22-18-,32-31+/t39-,40-,41-,42+,43+/m0/s1. The van der Waals surface area contributed by atoms with Gasteiger partial charge in [0.1, 0.15) is 12.7 Å². The quantitative estimate of drug-likeness (QED) is 0.0166. The van der Waals surface area contributed by atoms with Crippen molar-refractivity contribution in [3.63, 3.8) is 0 Å². The first-order valence-corrected chi connectivity index (χ1v) is 26.6. The second-order valence-electron chi connectivity index (χ2n) is 17.2. The molecule has 1 aliphatic rings. The number of ketones is 1. The van der Waals surface area contributed by atoms with Crippen LogP contribution in [0.15, 0.2) is 36.5 Å². The molecule has 0 bridgehead atoms. The summed E-state index contributed by atoms with van der Waals surface area (Å²) >= 11 is 0. The molecule has 0 fully saturated rings. The van der Waals surface area contributed by atoms with Gasteiger partial charge in [-0.3, -0.25) is 28.0 Å². The molecule has 63 heavy (non-hydrogen) atoms. The first-order valence-electron chi connectivity index (χ1n) is 23.6. The molecule has 0 aromatic rings. The lowest BCUT2D eigenvalue weighted by molar-refractivity contribution is -0.161. The van der Waals surface area contributed by atoms with Gasteiger partial charge < -0.3 is 34.4 Å². The van der Waals surface area contributed by atoms with E-state index in [0.717, 1.165) is 44.4 Å². The van der Waals surface area contributed by atoms with Crippen molar-refractivity contribution in [3.05, 3.63) is 36.5 Å². The number of aliphatic hydroxyl groups excluding tert-OH is 2. The molecule has 5 N–H and O–H groups in total. The topological polar surface area (TPSA) is 233 Å². The normalized spacial score (nSPS) is 18.1. The number of phosphoric acid groups is 2. The number of hydrogen-bond donors (Lipinski definition) is 5. The number of hydrogen-bond acceptors (Lipinski definition) is 12. The predicted octanol–water partition coefficient (Wildman–Crippen LogP) is 9.93. The Bertz CT molecular complexity index is 1410. The first-order chi connectivity index (χ1) is 30.0. The zero-order valence-corrected chi connectivity index (χ0v) is 40.2. The fourth-order valence-electron chi connectivity index (χ4n) is 6.99. The predicted molar refractivity (Wildman–Crippen MR) is 243 cm³/mol. The van der Waals surface area contributed by atoms with E-state index in [1.165, 1.54) is 70.6 Å². The van der Waals surface area contributed by atoms with Crippen molar-refractivity contribution in [3.8, 4) is 0 Å². The van der Waals surface area contributed by atoms with Gasteiger partial charge in [-0.05, 0) is 50.0 Å². The fourth-order valence-corrected chi connectivity index (χ4v) is 8.15. The Labute approximate surface area is 377 Å². The van der Waals surface area contributed by atoms with E-state index in [4.69, 9.17) is 23.8 Å². The van der Waals surface area contributed by atoms with Crippen LogP contribution in [0, 0.1) is 17.8 Å². The van der Waals surface area contributed by atoms with E-state index in [0.29, 0.717) is 32.1 Å². The molecule has 0 radical (unpaired) electrons. The van der Waals surface area contributed by atoms with Crippen molar-refractivity contribution in [2.24, 2.45) is 17.8 Å². The van der Waals surface area contributed by atoms with Crippen molar-refractivity contribution in [2.75, 3.05) is 26.4 Å². The Balaban J connectivity index is 2.49. The molecule has 1 rings (SSSR count). The van der Waals surface area contributed by atoms with E-state index in [2.05, 4.69) is 29.8 Å². The highest BCUT2D eigenvalue weighted by molar-refractivity contribution is 7.47. The average Bonchev–Trinajstić information content (AvgIpc) is 3.58. The van der Waals surface area contributed by atoms with Crippen molar-refractivity contribution < 1.29 is 71.5 Å². The summed E-state index contributed by atoms with van der Waals surface area (Å²) in [4.78, 5) is 65.4. The number of aliphatic hydroxyl groups is 2. The van der Waals surface area contributed by atoms with Gasteiger partial charge in [0.25, 0.3) is 0 Å². The highest BCUT2D eigenvalue weighted by atomic mass is 31.2. The molecule has 0 amide bonds. The Morgan fingerprint density at radius 3 is 1.86 bits per heavy atom.